The monoisotopic (exact) mass is 257 g/mol. The van der Waals surface area contributed by atoms with E-state index in [1.165, 1.54) is 16.9 Å². The summed E-state index contributed by atoms with van der Waals surface area (Å²) >= 11 is 0. The zero-order chi connectivity index (χ0) is 14.0. The van der Waals surface area contributed by atoms with Gasteiger partial charge < -0.3 is 5.32 Å². The van der Waals surface area contributed by atoms with Gasteiger partial charge >= 0.3 is 0 Å². The molecule has 1 heterocycles. The standard InChI is InChI=1S/C16H23N3/c1-12(15-10-11-17-19(15)5)18-14-9-7-6-8-13(14)16(2,3)4/h6-12,18H,1-5H3. The second kappa shape index (κ2) is 5.08. The molecule has 0 aliphatic carbocycles. The van der Waals surface area contributed by atoms with Crippen molar-refractivity contribution in [2.45, 2.75) is 39.2 Å². The summed E-state index contributed by atoms with van der Waals surface area (Å²) in [6.07, 6.45) is 1.84. The molecule has 19 heavy (non-hydrogen) atoms. The van der Waals surface area contributed by atoms with Crippen molar-refractivity contribution < 1.29 is 0 Å². The van der Waals surface area contributed by atoms with E-state index in [1.54, 1.807) is 0 Å². The van der Waals surface area contributed by atoms with Crippen molar-refractivity contribution in [2.75, 3.05) is 5.32 Å². The van der Waals surface area contributed by atoms with Gasteiger partial charge in [0, 0.05) is 18.9 Å². The van der Waals surface area contributed by atoms with Gasteiger partial charge in [0.15, 0.2) is 0 Å². The molecule has 1 aromatic heterocycles. The van der Waals surface area contributed by atoms with Crippen LogP contribution in [0.5, 0.6) is 0 Å². The van der Waals surface area contributed by atoms with Crippen LogP contribution in [0.3, 0.4) is 0 Å². The molecule has 1 N–H and O–H groups in total. The van der Waals surface area contributed by atoms with Crippen LogP contribution in [0.2, 0.25) is 0 Å². The molecule has 1 aromatic carbocycles. The van der Waals surface area contributed by atoms with Crippen molar-refractivity contribution >= 4 is 5.69 Å². The molecule has 0 saturated carbocycles. The third-order valence-electron chi connectivity index (χ3n) is 3.41. The molecule has 0 bridgehead atoms. The number of nitrogens with one attached hydrogen (secondary N) is 1. The van der Waals surface area contributed by atoms with Crippen molar-refractivity contribution in [3.8, 4) is 0 Å². The van der Waals surface area contributed by atoms with E-state index in [2.05, 4.69) is 68.4 Å². The van der Waals surface area contributed by atoms with Crippen LogP contribution in [-0.2, 0) is 12.5 Å². The van der Waals surface area contributed by atoms with Crippen LogP contribution in [0.25, 0.3) is 0 Å². The number of hydrogen-bond acceptors (Lipinski definition) is 2. The summed E-state index contributed by atoms with van der Waals surface area (Å²) in [7, 11) is 1.98. The highest BCUT2D eigenvalue weighted by Gasteiger charge is 2.19. The Balaban J connectivity index is 2.27. The van der Waals surface area contributed by atoms with Crippen molar-refractivity contribution in [3.63, 3.8) is 0 Å². The molecule has 3 heteroatoms. The quantitative estimate of drug-likeness (QED) is 0.904. The van der Waals surface area contributed by atoms with Crippen molar-refractivity contribution in [3.05, 3.63) is 47.8 Å². The number of benzene rings is 1. The molecule has 0 spiro atoms. The highest BCUT2D eigenvalue weighted by atomic mass is 15.3. The summed E-state index contributed by atoms with van der Waals surface area (Å²) < 4.78 is 1.91. The number of aryl methyl sites for hydroxylation is 1. The third kappa shape index (κ3) is 2.98. The summed E-state index contributed by atoms with van der Waals surface area (Å²) in [6.45, 7) is 8.88. The minimum absolute atomic E-state index is 0.135. The second-order valence-electron chi connectivity index (χ2n) is 6.04. The van der Waals surface area contributed by atoms with Crippen LogP contribution in [0, 0.1) is 0 Å². The van der Waals surface area contributed by atoms with Gasteiger partial charge in [0.05, 0.1) is 11.7 Å². The molecule has 0 saturated heterocycles. The minimum Gasteiger partial charge on any atom is -0.377 e. The SMILES string of the molecule is CC(Nc1ccccc1C(C)(C)C)c1ccnn1C. The maximum absolute atomic E-state index is 4.23. The lowest BCUT2D eigenvalue weighted by atomic mass is 9.85. The van der Waals surface area contributed by atoms with Gasteiger partial charge in [0.2, 0.25) is 0 Å². The first kappa shape index (κ1) is 13.7. The van der Waals surface area contributed by atoms with Crippen LogP contribution in [0.1, 0.15) is 45.0 Å². The Kier molecular flexibility index (Phi) is 3.65. The molecule has 2 rings (SSSR count). The summed E-state index contributed by atoms with van der Waals surface area (Å²) in [5.41, 5.74) is 3.85. The minimum atomic E-state index is 0.135. The Morgan fingerprint density at radius 1 is 1.16 bits per heavy atom. The normalized spacial score (nSPS) is 13.3. The average Bonchev–Trinajstić information content (AvgIpc) is 2.75. The smallest absolute Gasteiger partial charge is 0.0654 e. The van der Waals surface area contributed by atoms with Crippen LogP contribution < -0.4 is 5.32 Å². The second-order valence-corrected chi connectivity index (χ2v) is 6.04. The molecule has 0 radical (unpaired) electrons. The van der Waals surface area contributed by atoms with Gasteiger partial charge in [0.1, 0.15) is 0 Å². The van der Waals surface area contributed by atoms with E-state index in [0.29, 0.717) is 0 Å². The maximum Gasteiger partial charge on any atom is 0.0654 e. The van der Waals surface area contributed by atoms with Gasteiger partial charge in [-0.1, -0.05) is 39.0 Å². The lowest BCUT2D eigenvalue weighted by molar-refractivity contribution is 0.589. The molecular formula is C16H23N3. The van der Waals surface area contributed by atoms with Gasteiger partial charge in [-0.2, -0.15) is 5.10 Å². The topological polar surface area (TPSA) is 29.9 Å². The Hall–Kier alpha value is -1.77. The fourth-order valence-electron chi connectivity index (χ4n) is 2.38. The number of aromatic nitrogens is 2. The van der Waals surface area contributed by atoms with Gasteiger partial charge in [-0.3, -0.25) is 4.68 Å². The van der Waals surface area contributed by atoms with E-state index < -0.39 is 0 Å². The molecular weight excluding hydrogens is 234 g/mol. The fourth-order valence-corrected chi connectivity index (χ4v) is 2.38. The lowest BCUT2D eigenvalue weighted by Gasteiger charge is -2.25. The van der Waals surface area contributed by atoms with E-state index in [4.69, 9.17) is 0 Å². The summed E-state index contributed by atoms with van der Waals surface area (Å²) in [6, 6.07) is 10.8. The molecule has 2 aromatic rings. The zero-order valence-electron chi connectivity index (χ0n) is 12.4. The first-order valence-corrected chi connectivity index (χ1v) is 6.73. The van der Waals surface area contributed by atoms with Crippen molar-refractivity contribution in [2.24, 2.45) is 7.05 Å². The number of anilines is 1. The Morgan fingerprint density at radius 2 is 1.84 bits per heavy atom. The zero-order valence-corrected chi connectivity index (χ0v) is 12.4. The first-order valence-electron chi connectivity index (χ1n) is 6.73. The first-order chi connectivity index (χ1) is 8.89. The summed E-state index contributed by atoms with van der Waals surface area (Å²) in [5, 5.41) is 7.83. The lowest BCUT2D eigenvalue weighted by Crippen LogP contribution is -2.17. The summed E-state index contributed by atoms with van der Waals surface area (Å²) in [4.78, 5) is 0. The molecule has 102 valence electrons. The van der Waals surface area contributed by atoms with E-state index >= 15 is 0 Å². The van der Waals surface area contributed by atoms with E-state index in [9.17, 15) is 0 Å². The van der Waals surface area contributed by atoms with E-state index in [0.717, 1.165) is 0 Å². The van der Waals surface area contributed by atoms with E-state index in [-0.39, 0.29) is 11.5 Å². The van der Waals surface area contributed by atoms with Crippen LogP contribution in [-0.4, -0.2) is 9.78 Å². The predicted octanol–water partition coefficient (Wildman–Crippen LogP) is 3.89. The highest BCUT2D eigenvalue weighted by Crippen LogP contribution is 2.31. The summed E-state index contributed by atoms with van der Waals surface area (Å²) in [5.74, 6) is 0. The molecule has 0 amide bonds. The number of rotatable bonds is 3. The van der Waals surface area contributed by atoms with Gasteiger partial charge in [-0.15, -0.1) is 0 Å². The fraction of sp³-hybridized carbons (Fsp3) is 0.438. The van der Waals surface area contributed by atoms with Crippen LogP contribution in [0.15, 0.2) is 36.5 Å². The number of para-hydroxylation sites is 1. The Morgan fingerprint density at radius 3 is 2.42 bits per heavy atom. The van der Waals surface area contributed by atoms with Gasteiger partial charge in [0.25, 0.3) is 0 Å². The van der Waals surface area contributed by atoms with Crippen molar-refractivity contribution in [1.29, 1.82) is 0 Å². The predicted molar refractivity (Wildman–Crippen MR) is 80.4 cm³/mol. The van der Waals surface area contributed by atoms with E-state index in [1.807, 2.05) is 17.9 Å². The number of hydrogen-bond donors (Lipinski definition) is 1. The molecule has 1 atom stereocenters. The number of nitrogens with zero attached hydrogens (tertiary/aromatic N) is 2. The van der Waals surface area contributed by atoms with Crippen LogP contribution in [0.4, 0.5) is 5.69 Å². The molecule has 3 nitrogen and oxygen atoms in total. The molecule has 0 aliphatic heterocycles. The Labute approximate surface area is 115 Å². The largest absolute Gasteiger partial charge is 0.377 e. The van der Waals surface area contributed by atoms with Gasteiger partial charge in [-0.25, -0.2) is 0 Å². The molecule has 1 unspecified atom stereocenters. The van der Waals surface area contributed by atoms with Gasteiger partial charge in [-0.05, 0) is 30.0 Å². The highest BCUT2D eigenvalue weighted by molar-refractivity contribution is 5.55. The van der Waals surface area contributed by atoms with Crippen LogP contribution >= 0.6 is 0 Å². The average molecular weight is 257 g/mol. The maximum atomic E-state index is 4.23. The Bertz CT molecular complexity index is 549. The third-order valence-corrected chi connectivity index (χ3v) is 3.41. The van der Waals surface area contributed by atoms with Crippen molar-refractivity contribution in [1.82, 2.24) is 9.78 Å². The molecule has 0 fully saturated rings. The molecule has 0 aliphatic rings.